The number of nitrogens with one attached hydrogen (secondary N) is 1. The second-order valence-electron chi connectivity index (χ2n) is 2.97. The van der Waals surface area contributed by atoms with Crippen molar-refractivity contribution in [2.45, 2.75) is 6.42 Å². The fourth-order valence-corrected chi connectivity index (χ4v) is 1.37. The molecule has 5 heteroatoms. The van der Waals surface area contributed by atoms with E-state index in [9.17, 15) is 9.59 Å². The molecule has 5 nitrogen and oxygen atoms in total. The average molecular weight is 179 g/mol. The summed E-state index contributed by atoms with van der Waals surface area (Å²) in [6.45, 7) is 0.619. The first kappa shape index (κ1) is 7.97. The van der Waals surface area contributed by atoms with E-state index >= 15 is 0 Å². The minimum atomic E-state index is -0.392. The van der Waals surface area contributed by atoms with E-state index in [1.54, 1.807) is 6.21 Å². The number of hydrogen-bond acceptors (Lipinski definition) is 3. The highest BCUT2D eigenvalue weighted by molar-refractivity contribution is 5.79. The quantitative estimate of drug-likeness (QED) is 0.558. The summed E-state index contributed by atoms with van der Waals surface area (Å²) >= 11 is 0. The van der Waals surface area contributed by atoms with Crippen LogP contribution in [0.3, 0.4) is 0 Å². The van der Waals surface area contributed by atoms with E-state index in [0.29, 0.717) is 24.2 Å². The van der Waals surface area contributed by atoms with Crippen molar-refractivity contribution in [1.82, 2.24) is 9.55 Å². The van der Waals surface area contributed by atoms with Crippen molar-refractivity contribution in [2.75, 3.05) is 6.54 Å². The fourth-order valence-electron chi connectivity index (χ4n) is 1.37. The third kappa shape index (κ3) is 1.12. The first-order valence-electron chi connectivity index (χ1n) is 4.02. The summed E-state index contributed by atoms with van der Waals surface area (Å²) in [7, 11) is 1.47. The molecule has 2 heterocycles. The first-order valence-corrected chi connectivity index (χ1v) is 4.02. The zero-order valence-electron chi connectivity index (χ0n) is 7.20. The molecule has 0 atom stereocenters. The van der Waals surface area contributed by atoms with Gasteiger partial charge in [-0.3, -0.25) is 14.4 Å². The summed E-state index contributed by atoms with van der Waals surface area (Å²) in [6.07, 6.45) is 2.15. The highest BCUT2D eigenvalue weighted by atomic mass is 16.2. The molecule has 0 spiro atoms. The van der Waals surface area contributed by atoms with Gasteiger partial charge in [0.1, 0.15) is 0 Å². The van der Waals surface area contributed by atoms with Crippen molar-refractivity contribution in [3.8, 4) is 0 Å². The van der Waals surface area contributed by atoms with Gasteiger partial charge in [0.05, 0.1) is 5.69 Å². The third-order valence-electron chi connectivity index (χ3n) is 2.15. The third-order valence-corrected chi connectivity index (χ3v) is 2.15. The molecule has 0 fully saturated rings. The smallest absolute Gasteiger partial charge is 0.306 e. The predicted octanol–water partition coefficient (Wildman–Crippen LogP) is -0.951. The molecule has 0 amide bonds. The van der Waals surface area contributed by atoms with Crippen molar-refractivity contribution in [2.24, 2.45) is 12.0 Å². The van der Waals surface area contributed by atoms with Crippen LogP contribution in [0.5, 0.6) is 0 Å². The molecule has 1 aliphatic heterocycles. The molecule has 0 unspecified atom stereocenters. The molecule has 1 aromatic heterocycles. The zero-order chi connectivity index (χ0) is 9.42. The predicted molar refractivity (Wildman–Crippen MR) is 48.5 cm³/mol. The van der Waals surface area contributed by atoms with Crippen LogP contribution in [0.1, 0.15) is 11.3 Å². The summed E-state index contributed by atoms with van der Waals surface area (Å²) in [5, 5.41) is 0. The normalized spacial score (nSPS) is 14.2. The Balaban J connectivity index is 2.84. The number of fused-ring (bicyclic) bond motifs is 1. The van der Waals surface area contributed by atoms with Crippen LogP contribution in [0.25, 0.3) is 0 Å². The lowest BCUT2D eigenvalue weighted by molar-refractivity contribution is 0.740. The number of H-pyrrole nitrogens is 1. The molecule has 1 N–H and O–H groups in total. The topological polar surface area (TPSA) is 67.2 Å². The second kappa shape index (κ2) is 2.69. The second-order valence-corrected chi connectivity index (χ2v) is 2.97. The molecule has 0 aliphatic carbocycles. The molecule has 0 saturated carbocycles. The van der Waals surface area contributed by atoms with E-state index in [0.717, 1.165) is 4.57 Å². The van der Waals surface area contributed by atoms with Crippen LogP contribution in [0.4, 0.5) is 0 Å². The molecular formula is C8H9N3O2. The van der Waals surface area contributed by atoms with Gasteiger partial charge in [0, 0.05) is 25.4 Å². The Kier molecular flexibility index (Phi) is 1.65. The van der Waals surface area contributed by atoms with E-state index in [1.165, 1.54) is 7.05 Å². The molecule has 68 valence electrons. The standard InChI is InChI=1S/C8H9N3O2/c1-11-7(12)5-2-3-9-4-6(5)10-8(11)13/h4H,2-3H2,1H3,(H,10,13). The van der Waals surface area contributed by atoms with Crippen LogP contribution >= 0.6 is 0 Å². The molecule has 1 aromatic rings. The highest BCUT2D eigenvalue weighted by Crippen LogP contribution is 2.01. The number of aromatic nitrogens is 2. The van der Waals surface area contributed by atoms with Gasteiger partial charge >= 0.3 is 5.69 Å². The van der Waals surface area contributed by atoms with Crippen molar-refractivity contribution >= 4 is 6.21 Å². The maximum Gasteiger partial charge on any atom is 0.328 e. The number of nitrogens with zero attached hydrogens (tertiary/aromatic N) is 2. The van der Waals surface area contributed by atoms with E-state index in [4.69, 9.17) is 0 Å². The van der Waals surface area contributed by atoms with Crippen molar-refractivity contribution in [3.05, 3.63) is 32.1 Å². The monoisotopic (exact) mass is 179 g/mol. The van der Waals surface area contributed by atoms with Gasteiger partial charge < -0.3 is 4.98 Å². The fraction of sp³-hybridized carbons (Fsp3) is 0.375. The Morgan fingerprint density at radius 1 is 1.54 bits per heavy atom. The van der Waals surface area contributed by atoms with Gasteiger partial charge in [0.2, 0.25) is 0 Å². The van der Waals surface area contributed by atoms with Gasteiger partial charge in [0.15, 0.2) is 0 Å². The molecule has 1 aliphatic rings. The van der Waals surface area contributed by atoms with Gasteiger partial charge in [-0.15, -0.1) is 0 Å². The Morgan fingerprint density at radius 3 is 3.08 bits per heavy atom. The van der Waals surface area contributed by atoms with Crippen LogP contribution in [0, 0.1) is 0 Å². The van der Waals surface area contributed by atoms with Crippen LogP contribution in [-0.2, 0) is 13.5 Å². The summed E-state index contributed by atoms with van der Waals surface area (Å²) in [5.74, 6) is 0. The van der Waals surface area contributed by atoms with Crippen LogP contribution in [0.15, 0.2) is 14.6 Å². The van der Waals surface area contributed by atoms with Crippen molar-refractivity contribution in [1.29, 1.82) is 0 Å². The summed E-state index contributed by atoms with van der Waals surface area (Å²) in [6, 6.07) is 0. The maximum absolute atomic E-state index is 11.5. The lowest BCUT2D eigenvalue weighted by atomic mass is 10.1. The molecule has 0 saturated heterocycles. The van der Waals surface area contributed by atoms with Crippen molar-refractivity contribution < 1.29 is 0 Å². The number of hydrogen-bond donors (Lipinski definition) is 1. The van der Waals surface area contributed by atoms with Gasteiger partial charge in [-0.25, -0.2) is 4.79 Å². The van der Waals surface area contributed by atoms with E-state index < -0.39 is 5.69 Å². The Morgan fingerprint density at radius 2 is 2.31 bits per heavy atom. The summed E-state index contributed by atoms with van der Waals surface area (Å²) < 4.78 is 1.08. The molecular weight excluding hydrogens is 170 g/mol. The van der Waals surface area contributed by atoms with Gasteiger partial charge in [-0.2, -0.15) is 0 Å². The van der Waals surface area contributed by atoms with E-state index in [-0.39, 0.29) is 5.56 Å². The minimum Gasteiger partial charge on any atom is -0.306 e. The zero-order valence-corrected chi connectivity index (χ0v) is 7.20. The lowest BCUT2D eigenvalue weighted by Gasteiger charge is -2.08. The Labute approximate surface area is 73.8 Å². The molecule has 0 radical (unpaired) electrons. The largest absolute Gasteiger partial charge is 0.328 e. The molecule has 13 heavy (non-hydrogen) atoms. The van der Waals surface area contributed by atoms with E-state index in [1.807, 2.05) is 0 Å². The van der Waals surface area contributed by atoms with Crippen LogP contribution in [-0.4, -0.2) is 22.3 Å². The van der Waals surface area contributed by atoms with Crippen LogP contribution < -0.4 is 11.2 Å². The number of rotatable bonds is 0. The lowest BCUT2D eigenvalue weighted by Crippen LogP contribution is -2.37. The summed E-state index contributed by atoms with van der Waals surface area (Å²) in [4.78, 5) is 29.3. The van der Waals surface area contributed by atoms with E-state index in [2.05, 4.69) is 9.98 Å². The highest BCUT2D eigenvalue weighted by Gasteiger charge is 2.12. The van der Waals surface area contributed by atoms with Gasteiger partial charge in [0.25, 0.3) is 5.56 Å². The van der Waals surface area contributed by atoms with Crippen molar-refractivity contribution in [3.63, 3.8) is 0 Å². The SMILES string of the molecule is Cn1c(=O)[nH]c2c(c1=O)CCN=C2. The minimum absolute atomic E-state index is 0.218. The number of aliphatic imine (C=N–C) groups is 1. The average Bonchev–Trinajstić information content (AvgIpc) is 2.15. The Hall–Kier alpha value is -1.65. The maximum atomic E-state index is 11.5. The molecule has 0 bridgehead atoms. The molecule has 0 aromatic carbocycles. The van der Waals surface area contributed by atoms with Crippen LogP contribution in [0.2, 0.25) is 0 Å². The summed E-state index contributed by atoms with van der Waals surface area (Å²) in [5.41, 5.74) is 0.596. The first-order chi connectivity index (χ1) is 6.20. The van der Waals surface area contributed by atoms with Gasteiger partial charge in [-0.05, 0) is 6.42 Å². The Bertz CT molecular complexity index is 481. The molecule has 2 rings (SSSR count). The van der Waals surface area contributed by atoms with Gasteiger partial charge in [-0.1, -0.05) is 0 Å². The number of aromatic amines is 1.